The average molecular weight is 535 g/mol. The normalized spacial score (nSPS) is 12.4. The van der Waals surface area contributed by atoms with Gasteiger partial charge in [0.1, 0.15) is 11.8 Å². The number of halogens is 1. The molecule has 9 heteroatoms. The minimum Gasteiger partial charge on any atom is -0.489 e. The molecule has 1 heterocycles. The minimum absolute atomic E-state index is 0.0250. The van der Waals surface area contributed by atoms with Crippen molar-refractivity contribution in [3.8, 4) is 17.0 Å². The van der Waals surface area contributed by atoms with E-state index >= 15 is 0 Å². The molecule has 1 unspecified atom stereocenters. The zero-order valence-electron chi connectivity index (χ0n) is 20.8. The number of hydrogen-bond acceptors (Lipinski definition) is 7. The van der Waals surface area contributed by atoms with Crippen molar-refractivity contribution in [3.63, 3.8) is 0 Å². The lowest BCUT2D eigenvalue weighted by molar-refractivity contribution is -0.151. The van der Waals surface area contributed by atoms with Gasteiger partial charge in [0.25, 0.3) is 5.91 Å². The fourth-order valence-corrected chi connectivity index (χ4v) is 4.42. The van der Waals surface area contributed by atoms with Crippen LogP contribution in [0.1, 0.15) is 39.7 Å². The number of thioether (sulfide) groups is 1. The van der Waals surface area contributed by atoms with Crippen LogP contribution in [-0.4, -0.2) is 52.8 Å². The maximum absolute atomic E-state index is 13.2. The highest BCUT2D eigenvalue weighted by molar-refractivity contribution is 8.24. The molecule has 0 fully saturated rings. The van der Waals surface area contributed by atoms with Crippen molar-refractivity contribution in [2.75, 3.05) is 14.2 Å². The number of carbonyl (C=O) groups excluding carboxylic acids is 2. The van der Waals surface area contributed by atoms with Gasteiger partial charge in [-0.05, 0) is 62.1 Å². The Balaban J connectivity index is 2.29. The summed E-state index contributed by atoms with van der Waals surface area (Å²) in [7, 11) is 2.92. The predicted octanol–water partition coefficient (Wildman–Crippen LogP) is 6.27. The number of pyridine rings is 1. The van der Waals surface area contributed by atoms with Gasteiger partial charge < -0.3 is 14.4 Å². The zero-order chi connectivity index (χ0) is 26.1. The van der Waals surface area contributed by atoms with Gasteiger partial charge in [-0.3, -0.25) is 9.78 Å². The third kappa shape index (κ3) is 8.33. The molecule has 0 bridgehead atoms. The maximum atomic E-state index is 13.2. The van der Waals surface area contributed by atoms with Crippen LogP contribution in [0.2, 0.25) is 5.02 Å². The molecule has 2 rings (SSSR count). The summed E-state index contributed by atoms with van der Waals surface area (Å²) in [6, 6.07) is 8.56. The molecule has 35 heavy (non-hydrogen) atoms. The van der Waals surface area contributed by atoms with Crippen LogP contribution in [0.3, 0.4) is 0 Å². The first kappa shape index (κ1) is 28.8. The van der Waals surface area contributed by atoms with Gasteiger partial charge in [-0.1, -0.05) is 55.5 Å². The van der Waals surface area contributed by atoms with Crippen LogP contribution in [0.25, 0.3) is 17.3 Å². The Labute approximate surface area is 222 Å². The Kier molecular flexibility index (Phi) is 11.2. The van der Waals surface area contributed by atoms with E-state index in [9.17, 15) is 9.59 Å². The van der Waals surface area contributed by atoms with Gasteiger partial charge in [0, 0.05) is 23.5 Å². The summed E-state index contributed by atoms with van der Waals surface area (Å²) in [6.07, 6.45) is 3.89. The Morgan fingerprint density at radius 1 is 1.20 bits per heavy atom. The molecular weight excluding hydrogens is 504 g/mol. The van der Waals surface area contributed by atoms with Gasteiger partial charge in [-0.25, -0.2) is 4.79 Å². The zero-order valence-corrected chi connectivity index (χ0v) is 23.2. The van der Waals surface area contributed by atoms with Crippen LogP contribution in [0.4, 0.5) is 0 Å². The molecule has 0 aliphatic carbocycles. The molecule has 6 nitrogen and oxygen atoms in total. The number of nitrogens with zero attached hydrogens (tertiary/aromatic N) is 2. The van der Waals surface area contributed by atoms with E-state index in [0.29, 0.717) is 22.1 Å². The minimum atomic E-state index is -0.686. The highest BCUT2D eigenvalue weighted by atomic mass is 35.5. The second-order valence-corrected chi connectivity index (χ2v) is 10.4. The fraction of sp³-hybridized carbons (Fsp3) is 0.385. The van der Waals surface area contributed by atoms with Gasteiger partial charge in [0.15, 0.2) is 0 Å². The van der Waals surface area contributed by atoms with Crippen LogP contribution >= 0.6 is 35.6 Å². The van der Waals surface area contributed by atoms with Crippen molar-refractivity contribution in [1.82, 2.24) is 9.88 Å². The smallest absolute Gasteiger partial charge is 0.328 e. The van der Waals surface area contributed by atoms with Gasteiger partial charge in [-0.15, -0.1) is 0 Å². The van der Waals surface area contributed by atoms with Crippen molar-refractivity contribution >= 4 is 58.2 Å². The first-order valence-electron chi connectivity index (χ1n) is 11.2. The number of esters is 1. The number of ether oxygens (including phenoxy) is 2. The molecule has 1 aromatic heterocycles. The number of likely N-dealkylation sites (N-methyl/N-ethyl adjacent to an activating group) is 1. The fourth-order valence-electron chi connectivity index (χ4n) is 3.33. The summed E-state index contributed by atoms with van der Waals surface area (Å²) < 4.78 is 12.0. The third-order valence-corrected chi connectivity index (χ3v) is 6.24. The van der Waals surface area contributed by atoms with E-state index in [0.717, 1.165) is 28.6 Å². The van der Waals surface area contributed by atoms with Crippen LogP contribution in [-0.2, 0) is 14.3 Å². The summed E-state index contributed by atoms with van der Waals surface area (Å²) in [5.41, 5.74) is 2.30. The van der Waals surface area contributed by atoms with Gasteiger partial charge >= 0.3 is 5.97 Å². The SMILES string of the molecule is COC(=O)C(CC(C)C)N(C)C(=O)/C(=C/c1ccc(-c2ccc(OC(C)C)c(Cl)c2)nc1)SC=S. The van der Waals surface area contributed by atoms with E-state index in [4.69, 9.17) is 33.3 Å². The molecule has 0 N–H and O–H groups in total. The number of rotatable bonds is 11. The number of aromatic nitrogens is 1. The Bertz CT molecular complexity index is 1070. The van der Waals surface area contributed by atoms with Gasteiger partial charge in [0.05, 0.1) is 28.8 Å². The van der Waals surface area contributed by atoms with E-state index in [-0.39, 0.29) is 17.9 Å². The quantitative estimate of drug-likeness (QED) is 0.191. The van der Waals surface area contributed by atoms with E-state index in [1.165, 1.54) is 16.7 Å². The van der Waals surface area contributed by atoms with Gasteiger partial charge in [-0.2, -0.15) is 0 Å². The summed E-state index contributed by atoms with van der Waals surface area (Å²) in [5, 5.41) is 0.511. The molecule has 2 aromatic rings. The lowest BCUT2D eigenvalue weighted by Crippen LogP contribution is -2.44. The monoisotopic (exact) mass is 534 g/mol. The van der Waals surface area contributed by atoms with Crippen molar-refractivity contribution in [2.45, 2.75) is 46.3 Å². The molecule has 0 aliphatic heterocycles. The number of amides is 1. The number of methoxy groups -OCH3 is 1. The van der Waals surface area contributed by atoms with Gasteiger partial charge in [0.2, 0.25) is 0 Å². The molecule has 1 aromatic carbocycles. The van der Waals surface area contributed by atoms with Crippen molar-refractivity contribution in [1.29, 1.82) is 0 Å². The molecule has 0 saturated heterocycles. The van der Waals surface area contributed by atoms with Crippen molar-refractivity contribution in [3.05, 3.63) is 52.0 Å². The van der Waals surface area contributed by atoms with Crippen LogP contribution in [0.15, 0.2) is 41.4 Å². The van der Waals surface area contributed by atoms with Crippen molar-refractivity contribution < 1.29 is 19.1 Å². The van der Waals surface area contributed by atoms with E-state index < -0.39 is 12.0 Å². The largest absolute Gasteiger partial charge is 0.489 e. The van der Waals surface area contributed by atoms with E-state index in [1.54, 1.807) is 19.3 Å². The summed E-state index contributed by atoms with van der Waals surface area (Å²) in [6.45, 7) is 7.86. The number of carbonyl (C=O) groups is 2. The standard InChI is InChI=1S/C26H31ClN2O4S2/c1-16(2)11-22(26(31)32-6)29(5)25(30)24(35-15-34)12-18-7-9-21(28-14-18)19-8-10-23(20(27)13-19)33-17(3)4/h7-10,12-17,22H,11H2,1-6H3/b24-12-. The van der Waals surface area contributed by atoms with E-state index in [2.05, 4.69) is 4.98 Å². The topological polar surface area (TPSA) is 68.7 Å². The lowest BCUT2D eigenvalue weighted by Gasteiger charge is -2.27. The molecule has 0 spiro atoms. The Hall–Kier alpha value is -2.42. The predicted molar refractivity (Wildman–Crippen MR) is 148 cm³/mol. The number of hydrogen-bond donors (Lipinski definition) is 0. The first-order valence-corrected chi connectivity index (χ1v) is 12.9. The molecule has 0 radical (unpaired) electrons. The molecule has 1 atom stereocenters. The number of thiocarbonyl (C=S) groups is 1. The maximum Gasteiger partial charge on any atom is 0.328 e. The molecule has 188 valence electrons. The van der Waals surface area contributed by atoms with E-state index in [1.807, 2.05) is 58.0 Å². The summed E-state index contributed by atoms with van der Waals surface area (Å²) >= 11 is 12.5. The second-order valence-electron chi connectivity index (χ2n) is 8.60. The summed E-state index contributed by atoms with van der Waals surface area (Å²) in [5.74, 6) is 0.0628. The Morgan fingerprint density at radius 3 is 2.43 bits per heavy atom. The van der Waals surface area contributed by atoms with Crippen LogP contribution in [0.5, 0.6) is 5.75 Å². The first-order chi connectivity index (χ1) is 16.6. The second kappa shape index (κ2) is 13.6. The number of benzene rings is 1. The molecular formula is C26H31ClN2O4S2. The molecule has 1 amide bonds. The highest BCUT2D eigenvalue weighted by Crippen LogP contribution is 2.31. The molecule has 0 saturated carbocycles. The average Bonchev–Trinajstić information content (AvgIpc) is 2.82. The Morgan fingerprint density at radius 2 is 1.91 bits per heavy atom. The molecule has 0 aliphatic rings. The van der Waals surface area contributed by atoms with Crippen LogP contribution < -0.4 is 4.74 Å². The lowest BCUT2D eigenvalue weighted by atomic mass is 10.0. The highest BCUT2D eigenvalue weighted by Gasteiger charge is 2.30. The van der Waals surface area contributed by atoms with Crippen LogP contribution in [0, 0.1) is 5.92 Å². The third-order valence-electron chi connectivity index (χ3n) is 5.02. The van der Waals surface area contributed by atoms with Crippen molar-refractivity contribution in [2.24, 2.45) is 5.92 Å². The summed E-state index contributed by atoms with van der Waals surface area (Å²) in [4.78, 5) is 31.9.